The summed E-state index contributed by atoms with van der Waals surface area (Å²) in [6.07, 6.45) is 9.89. The molecule has 143 heavy (non-hydrogen) atoms. The third-order valence-electron chi connectivity index (χ3n) is 23.0. The molecule has 0 aliphatic carbocycles. The maximum absolute atomic E-state index is 14.4. The third-order valence-corrected chi connectivity index (χ3v) is 26.1. The zero-order valence-electron chi connectivity index (χ0n) is 84.9. The number of esters is 20. The van der Waals surface area contributed by atoms with Crippen LogP contribution >= 0.6 is 58.8 Å². The van der Waals surface area contributed by atoms with E-state index >= 15 is 0 Å². The van der Waals surface area contributed by atoms with Crippen LogP contribution in [-0.2, 0) is 191 Å². The standard InChI is InChI=1S/C98H148O40S5/c1-17-74(99)119-46-94(51-126-81(106)36-41-139-12)49-122-77(102)26-20-21-27-78(103)123-50-95(47-120-75(100)18-2,52-127-82(107)37-42-140-13)59-133-88(113)68(6)30-31-69(7)89(114)134-60-96(48-121-76(101)19-3,55-128-83(108)38-43-141-14)61-135-90(115)70(8)32-33-72(10)92(117)137-64-98(57-130-85(110)40-45-143-16,54-125-80(105)28-22-24-66(4)86(111)131-58-94)65-138-93(118)73(11)35-34-71(9)91(116)136-63-97(56-129-84(109)39-44-142-15)53-124-79(104)29-23-25-67(5)87(112)132-62-97/h17-19,66-73H,1-3,20-65H2,4-16H3. The van der Waals surface area contributed by atoms with Gasteiger partial charge in [-0.3, -0.25) is 81.5 Å². The topological polar surface area (TPSA) is 526 Å². The molecule has 0 aromatic heterocycles. The Morgan fingerprint density at radius 2 is 0.455 bits per heavy atom. The molecule has 810 valence electrons. The van der Waals surface area contributed by atoms with Crippen molar-refractivity contribution in [3.8, 4) is 0 Å². The maximum Gasteiger partial charge on any atom is 0.330 e. The zero-order chi connectivity index (χ0) is 107. The lowest BCUT2D eigenvalue weighted by molar-refractivity contribution is -0.177. The van der Waals surface area contributed by atoms with Crippen molar-refractivity contribution >= 4 is 178 Å². The molecule has 2 aliphatic heterocycles. The molecular formula is C98H148O40S5. The summed E-state index contributed by atoms with van der Waals surface area (Å²) in [6, 6.07) is 0. The minimum absolute atomic E-state index is 0.0180. The highest BCUT2D eigenvalue weighted by molar-refractivity contribution is 7.99. The SMILES string of the molecule is C=CC(=O)OCC1(COC(=O)CCSC)COC(=O)CCCCC(=O)OCC(COC(=O)C=C)(COC(=O)CCSC)COC(=O)C(C)CCC(C)C(=O)OCC(COC(=O)C=C)(COC(=O)CCSC)COC(=O)C(C)CCC(C)C(=O)OCC(COC(=O)CCSC)(COC(=O)C(C)CCC(C)C(=O)OCC2(COC(=O)CCSC)COC(=O)CCCC(C)C(=O)OC2)COC(=O)CCCC(C)C(=O)OC1. The van der Waals surface area contributed by atoms with Gasteiger partial charge in [0.2, 0.25) is 0 Å². The molecule has 40 nitrogen and oxygen atoms in total. The van der Waals surface area contributed by atoms with Crippen LogP contribution in [0, 0.1) is 74.4 Å². The van der Waals surface area contributed by atoms with Gasteiger partial charge < -0.3 is 94.7 Å². The van der Waals surface area contributed by atoms with Crippen LogP contribution < -0.4 is 0 Å². The summed E-state index contributed by atoms with van der Waals surface area (Å²) in [6.45, 7) is 9.23. The minimum Gasteiger partial charge on any atom is -0.465 e. The Morgan fingerprint density at radius 1 is 0.280 bits per heavy atom. The number of thioether (sulfide) groups is 5. The van der Waals surface area contributed by atoms with Crippen molar-refractivity contribution in [1.82, 2.24) is 0 Å². The monoisotopic (exact) mass is 2120 g/mol. The van der Waals surface area contributed by atoms with Gasteiger partial charge in [0.25, 0.3) is 0 Å². The molecule has 0 amide bonds. The van der Waals surface area contributed by atoms with Crippen LogP contribution in [0.1, 0.15) is 190 Å². The first-order valence-electron chi connectivity index (χ1n) is 47.5. The van der Waals surface area contributed by atoms with Crippen LogP contribution in [0.25, 0.3) is 0 Å². The van der Waals surface area contributed by atoms with E-state index in [0.717, 1.165) is 18.2 Å². The largest absolute Gasteiger partial charge is 0.465 e. The van der Waals surface area contributed by atoms with E-state index in [-0.39, 0.29) is 121 Å². The second kappa shape index (κ2) is 71.8. The van der Waals surface area contributed by atoms with Gasteiger partial charge in [-0.2, -0.15) is 58.8 Å². The molecule has 0 aromatic carbocycles. The fourth-order valence-corrected chi connectivity index (χ4v) is 14.7. The average Bonchev–Trinajstić information content (AvgIpc) is 1.74. The van der Waals surface area contributed by atoms with Gasteiger partial charge in [-0.05, 0) is 108 Å². The molecule has 45 heteroatoms. The molecule has 0 N–H and O–H groups in total. The van der Waals surface area contributed by atoms with Gasteiger partial charge in [-0.1, -0.05) is 75.1 Å². The molecule has 0 spiro atoms. The normalized spacial score (nSPS) is 24.5. The lowest BCUT2D eigenvalue weighted by atomic mass is 9.91. The molecule has 2 rings (SSSR count). The number of rotatable bonds is 43. The van der Waals surface area contributed by atoms with Crippen molar-refractivity contribution in [1.29, 1.82) is 0 Å². The molecule has 13 unspecified atom stereocenters. The number of cyclic esters (lactones) is 10. The van der Waals surface area contributed by atoms with Crippen LogP contribution in [0.5, 0.6) is 0 Å². The quantitative estimate of drug-likeness (QED) is 0.0311. The number of carbonyl (C=O) groups is 20. The van der Waals surface area contributed by atoms with E-state index < -0.39 is 332 Å². The maximum atomic E-state index is 14.4. The first kappa shape index (κ1) is 129. The van der Waals surface area contributed by atoms with Gasteiger partial charge in [0.15, 0.2) is 0 Å². The molecule has 2 fully saturated rings. The molecule has 13 atom stereocenters. The van der Waals surface area contributed by atoms with E-state index in [9.17, 15) is 95.9 Å². The van der Waals surface area contributed by atoms with E-state index in [1.54, 1.807) is 38.2 Å². The van der Waals surface area contributed by atoms with Crippen LogP contribution in [0.3, 0.4) is 0 Å². The van der Waals surface area contributed by atoms with E-state index in [1.165, 1.54) is 107 Å². The van der Waals surface area contributed by atoms with Crippen molar-refractivity contribution in [2.45, 2.75) is 190 Å². The number of ether oxygens (including phenoxy) is 20. The Bertz CT molecular complexity index is 4120. The molecule has 2 aliphatic rings. The van der Waals surface area contributed by atoms with Crippen molar-refractivity contribution in [3.63, 3.8) is 0 Å². The van der Waals surface area contributed by atoms with Gasteiger partial charge in [-0.25, -0.2) is 14.4 Å². The van der Waals surface area contributed by atoms with Crippen molar-refractivity contribution in [2.75, 3.05) is 192 Å². The number of carbonyl (C=O) groups excluding carboxylic acids is 20. The second-order valence-corrected chi connectivity index (χ2v) is 41.3. The number of hydrogen-bond acceptors (Lipinski definition) is 45. The van der Waals surface area contributed by atoms with E-state index in [4.69, 9.17) is 94.7 Å². The van der Waals surface area contributed by atoms with E-state index in [1.807, 2.05) is 0 Å². The molecule has 0 aromatic rings. The summed E-state index contributed by atoms with van der Waals surface area (Å²) in [7, 11) is 0. The zero-order valence-corrected chi connectivity index (χ0v) is 89.0. The number of hydrogen-bond donors (Lipinski definition) is 0. The first-order chi connectivity index (χ1) is 67.9. The average molecular weight is 2130 g/mol. The third kappa shape index (κ3) is 54.9. The van der Waals surface area contributed by atoms with Crippen LogP contribution in [0.15, 0.2) is 38.0 Å². The second-order valence-electron chi connectivity index (χ2n) is 36.4. The highest BCUT2D eigenvalue weighted by atomic mass is 32.2. The van der Waals surface area contributed by atoms with Crippen molar-refractivity contribution < 1.29 is 191 Å². The molecule has 0 saturated carbocycles. The Balaban J connectivity index is 2.86. The highest BCUT2D eigenvalue weighted by Crippen LogP contribution is 2.33. The summed E-state index contributed by atoms with van der Waals surface area (Å²) >= 11 is 6.73. The predicted octanol–water partition coefficient (Wildman–Crippen LogP) is 10.5. The Labute approximate surface area is 858 Å². The van der Waals surface area contributed by atoms with E-state index in [2.05, 4.69) is 19.7 Å². The molecule has 2 saturated heterocycles. The van der Waals surface area contributed by atoms with Gasteiger partial charge in [-0.15, -0.1) is 0 Å². The fourth-order valence-electron chi connectivity index (χ4n) is 12.8. The Kier molecular flexibility index (Phi) is 65.0. The van der Waals surface area contributed by atoms with Crippen LogP contribution in [0.2, 0.25) is 0 Å². The van der Waals surface area contributed by atoms with Crippen molar-refractivity contribution in [2.24, 2.45) is 74.4 Å². The molecule has 2 heterocycles. The summed E-state index contributed by atoms with van der Waals surface area (Å²) in [5.41, 5.74) is -8.78. The minimum atomic E-state index is -1.91. The summed E-state index contributed by atoms with van der Waals surface area (Å²) in [5, 5.41) is 0. The Hall–Kier alpha value is -9.63. The fraction of sp³-hybridized carbons (Fsp3) is 0.735. The van der Waals surface area contributed by atoms with Gasteiger partial charge >= 0.3 is 119 Å². The molecule has 0 radical (unpaired) electrons. The lowest BCUT2D eigenvalue weighted by Gasteiger charge is -2.32. The van der Waals surface area contributed by atoms with Gasteiger partial charge in [0.05, 0.1) is 79.4 Å². The lowest BCUT2D eigenvalue weighted by Crippen LogP contribution is -2.45. The summed E-state index contributed by atoms with van der Waals surface area (Å²) in [4.78, 5) is 271. The smallest absolute Gasteiger partial charge is 0.330 e. The predicted molar refractivity (Wildman–Crippen MR) is 524 cm³/mol. The van der Waals surface area contributed by atoms with Crippen LogP contribution in [-0.4, -0.2) is 312 Å². The summed E-state index contributed by atoms with van der Waals surface area (Å²) in [5.74, 6) is -22.4. The Morgan fingerprint density at radius 3 is 0.650 bits per heavy atom. The van der Waals surface area contributed by atoms with Crippen molar-refractivity contribution in [3.05, 3.63) is 38.0 Å². The van der Waals surface area contributed by atoms with Crippen LogP contribution in [0.4, 0.5) is 0 Å². The van der Waals surface area contributed by atoms with E-state index in [0.29, 0.717) is 35.9 Å². The molecule has 0 bridgehead atoms. The van der Waals surface area contributed by atoms with Gasteiger partial charge in [0, 0.05) is 72.7 Å². The van der Waals surface area contributed by atoms with Gasteiger partial charge in [0.1, 0.15) is 159 Å². The molecular weight excluding hydrogens is 1980 g/mol. The highest BCUT2D eigenvalue weighted by Gasteiger charge is 2.46. The summed E-state index contributed by atoms with van der Waals surface area (Å²) < 4.78 is 114. The first-order valence-corrected chi connectivity index (χ1v) is 54.4.